The second-order valence-electron chi connectivity index (χ2n) is 4.90. The SMILES string of the molecule is CC(C)N(CCOc1cccc(CO)n1)C(C)C. The lowest BCUT2D eigenvalue weighted by Crippen LogP contribution is -2.39. The molecule has 102 valence electrons. The van der Waals surface area contributed by atoms with Crippen LogP contribution in [-0.2, 0) is 6.61 Å². The summed E-state index contributed by atoms with van der Waals surface area (Å²) < 4.78 is 5.62. The van der Waals surface area contributed by atoms with Crippen LogP contribution in [0.1, 0.15) is 33.4 Å². The lowest BCUT2D eigenvalue weighted by Gasteiger charge is -2.30. The van der Waals surface area contributed by atoms with Crippen LogP contribution in [0.15, 0.2) is 18.2 Å². The molecule has 0 atom stereocenters. The van der Waals surface area contributed by atoms with Gasteiger partial charge in [0.15, 0.2) is 0 Å². The number of aliphatic hydroxyl groups is 1. The molecule has 0 unspecified atom stereocenters. The van der Waals surface area contributed by atoms with Crippen molar-refractivity contribution < 1.29 is 9.84 Å². The van der Waals surface area contributed by atoms with Crippen LogP contribution >= 0.6 is 0 Å². The third-order valence-electron chi connectivity index (χ3n) is 2.87. The van der Waals surface area contributed by atoms with Gasteiger partial charge in [0.1, 0.15) is 6.61 Å². The first-order valence-electron chi connectivity index (χ1n) is 6.50. The molecule has 1 aromatic heterocycles. The Bertz CT molecular complexity index is 345. The molecule has 0 saturated heterocycles. The van der Waals surface area contributed by atoms with Crippen LogP contribution in [-0.4, -0.2) is 40.2 Å². The summed E-state index contributed by atoms with van der Waals surface area (Å²) in [6, 6.07) is 6.45. The van der Waals surface area contributed by atoms with Crippen molar-refractivity contribution in [3.8, 4) is 5.88 Å². The average Bonchev–Trinajstić information content (AvgIpc) is 2.34. The number of rotatable bonds is 7. The lowest BCUT2D eigenvalue weighted by atomic mass is 10.2. The summed E-state index contributed by atoms with van der Waals surface area (Å²) in [5.41, 5.74) is 0.636. The van der Waals surface area contributed by atoms with E-state index in [4.69, 9.17) is 9.84 Å². The fourth-order valence-electron chi connectivity index (χ4n) is 1.99. The summed E-state index contributed by atoms with van der Waals surface area (Å²) in [5.74, 6) is 0.578. The first-order valence-corrected chi connectivity index (χ1v) is 6.50. The maximum absolute atomic E-state index is 8.99. The molecule has 0 radical (unpaired) electrons. The van der Waals surface area contributed by atoms with Crippen LogP contribution in [0.5, 0.6) is 5.88 Å². The molecule has 1 aromatic rings. The zero-order valence-corrected chi connectivity index (χ0v) is 11.8. The highest BCUT2D eigenvalue weighted by atomic mass is 16.5. The van der Waals surface area contributed by atoms with Crippen LogP contribution < -0.4 is 4.74 Å². The first kappa shape index (κ1) is 14.9. The largest absolute Gasteiger partial charge is 0.476 e. The zero-order valence-electron chi connectivity index (χ0n) is 11.8. The van der Waals surface area contributed by atoms with Crippen molar-refractivity contribution in [2.75, 3.05) is 13.2 Å². The number of pyridine rings is 1. The van der Waals surface area contributed by atoms with Crippen molar-refractivity contribution in [3.05, 3.63) is 23.9 Å². The number of hydrogen-bond donors (Lipinski definition) is 1. The maximum Gasteiger partial charge on any atom is 0.213 e. The van der Waals surface area contributed by atoms with Crippen LogP contribution in [0.2, 0.25) is 0 Å². The van der Waals surface area contributed by atoms with E-state index < -0.39 is 0 Å². The second-order valence-corrected chi connectivity index (χ2v) is 4.90. The van der Waals surface area contributed by atoms with E-state index in [0.29, 0.717) is 30.3 Å². The molecule has 0 aliphatic rings. The molecule has 0 bridgehead atoms. The van der Waals surface area contributed by atoms with E-state index in [-0.39, 0.29) is 6.61 Å². The van der Waals surface area contributed by atoms with Gasteiger partial charge in [-0.3, -0.25) is 4.90 Å². The Morgan fingerprint density at radius 3 is 2.44 bits per heavy atom. The van der Waals surface area contributed by atoms with Crippen molar-refractivity contribution in [1.29, 1.82) is 0 Å². The maximum atomic E-state index is 8.99. The van der Waals surface area contributed by atoms with E-state index >= 15 is 0 Å². The molecular formula is C14H24N2O2. The second kappa shape index (κ2) is 7.34. The van der Waals surface area contributed by atoms with Crippen molar-refractivity contribution in [2.45, 2.75) is 46.4 Å². The number of ether oxygens (including phenoxy) is 1. The minimum absolute atomic E-state index is 0.0543. The Morgan fingerprint density at radius 2 is 1.89 bits per heavy atom. The molecule has 1 N–H and O–H groups in total. The van der Waals surface area contributed by atoms with Crippen molar-refractivity contribution in [3.63, 3.8) is 0 Å². The summed E-state index contributed by atoms with van der Waals surface area (Å²) in [7, 11) is 0. The topological polar surface area (TPSA) is 45.6 Å². The first-order chi connectivity index (χ1) is 8.54. The van der Waals surface area contributed by atoms with Gasteiger partial charge in [-0.25, -0.2) is 4.98 Å². The highest BCUT2D eigenvalue weighted by Crippen LogP contribution is 2.09. The van der Waals surface area contributed by atoms with E-state index in [0.717, 1.165) is 6.54 Å². The number of aromatic nitrogens is 1. The van der Waals surface area contributed by atoms with Crippen LogP contribution in [0.3, 0.4) is 0 Å². The Hall–Kier alpha value is -1.13. The zero-order chi connectivity index (χ0) is 13.5. The monoisotopic (exact) mass is 252 g/mol. The van der Waals surface area contributed by atoms with Gasteiger partial charge in [0.25, 0.3) is 0 Å². The normalized spacial score (nSPS) is 11.6. The van der Waals surface area contributed by atoms with Gasteiger partial charge < -0.3 is 9.84 Å². The predicted octanol–water partition coefficient (Wildman–Crippen LogP) is 2.07. The van der Waals surface area contributed by atoms with E-state index in [2.05, 4.69) is 37.6 Å². The molecule has 1 rings (SSSR count). The van der Waals surface area contributed by atoms with Crippen molar-refractivity contribution >= 4 is 0 Å². The number of hydrogen-bond acceptors (Lipinski definition) is 4. The molecule has 0 aromatic carbocycles. The summed E-state index contributed by atoms with van der Waals surface area (Å²) in [5, 5.41) is 8.99. The minimum Gasteiger partial charge on any atom is -0.476 e. The molecule has 0 spiro atoms. The Kier molecular flexibility index (Phi) is 6.09. The molecule has 4 nitrogen and oxygen atoms in total. The Labute approximate surface area is 110 Å². The van der Waals surface area contributed by atoms with Gasteiger partial charge >= 0.3 is 0 Å². The summed E-state index contributed by atoms with van der Waals surface area (Å²) in [4.78, 5) is 6.56. The quantitative estimate of drug-likeness (QED) is 0.807. The molecule has 1 heterocycles. The molecule has 0 fully saturated rings. The van der Waals surface area contributed by atoms with Crippen LogP contribution in [0.4, 0.5) is 0 Å². The van der Waals surface area contributed by atoms with Gasteiger partial charge in [-0.05, 0) is 33.8 Å². The van der Waals surface area contributed by atoms with Crippen LogP contribution in [0.25, 0.3) is 0 Å². The van der Waals surface area contributed by atoms with Crippen molar-refractivity contribution in [1.82, 2.24) is 9.88 Å². The molecule has 0 amide bonds. The highest BCUT2D eigenvalue weighted by molar-refractivity contribution is 5.15. The van der Waals surface area contributed by atoms with Gasteiger partial charge in [-0.15, -0.1) is 0 Å². The highest BCUT2D eigenvalue weighted by Gasteiger charge is 2.12. The molecule has 4 heteroatoms. The average molecular weight is 252 g/mol. The molecule has 0 saturated carbocycles. The van der Waals surface area contributed by atoms with Gasteiger partial charge in [0.2, 0.25) is 5.88 Å². The fourth-order valence-corrected chi connectivity index (χ4v) is 1.99. The molecule has 18 heavy (non-hydrogen) atoms. The number of aliphatic hydroxyl groups excluding tert-OH is 1. The summed E-state index contributed by atoms with van der Waals surface area (Å²) in [6.45, 7) is 10.2. The third kappa shape index (κ3) is 4.63. The predicted molar refractivity (Wildman–Crippen MR) is 72.6 cm³/mol. The lowest BCUT2D eigenvalue weighted by molar-refractivity contribution is 0.140. The van der Waals surface area contributed by atoms with Gasteiger partial charge in [-0.2, -0.15) is 0 Å². The van der Waals surface area contributed by atoms with Gasteiger partial charge in [-0.1, -0.05) is 6.07 Å². The minimum atomic E-state index is -0.0543. The molecule has 0 aliphatic carbocycles. The van der Waals surface area contributed by atoms with E-state index in [1.54, 1.807) is 6.07 Å². The smallest absolute Gasteiger partial charge is 0.213 e. The standard InChI is InChI=1S/C14H24N2O2/c1-11(2)16(12(3)4)8-9-18-14-7-5-6-13(10-17)15-14/h5-7,11-12,17H,8-10H2,1-4H3. The molecule has 0 aliphatic heterocycles. The van der Waals surface area contributed by atoms with Crippen LogP contribution in [0, 0.1) is 0 Å². The summed E-state index contributed by atoms with van der Waals surface area (Å²) >= 11 is 0. The Morgan fingerprint density at radius 1 is 1.22 bits per heavy atom. The van der Waals surface area contributed by atoms with Crippen molar-refractivity contribution in [2.24, 2.45) is 0 Å². The van der Waals surface area contributed by atoms with E-state index in [9.17, 15) is 0 Å². The fraction of sp³-hybridized carbons (Fsp3) is 0.643. The summed E-state index contributed by atoms with van der Waals surface area (Å²) in [6.07, 6.45) is 0. The third-order valence-corrected chi connectivity index (χ3v) is 2.87. The molecular weight excluding hydrogens is 228 g/mol. The van der Waals surface area contributed by atoms with Gasteiger partial charge in [0, 0.05) is 24.7 Å². The van der Waals surface area contributed by atoms with E-state index in [1.165, 1.54) is 0 Å². The Balaban J connectivity index is 2.44. The number of nitrogens with zero attached hydrogens (tertiary/aromatic N) is 2. The van der Waals surface area contributed by atoms with Gasteiger partial charge in [0.05, 0.1) is 12.3 Å². The van der Waals surface area contributed by atoms with E-state index in [1.807, 2.05) is 12.1 Å².